The summed E-state index contributed by atoms with van der Waals surface area (Å²) in [6.45, 7) is -0.0761. The smallest absolute Gasteiger partial charge is 0.252 e. The van der Waals surface area contributed by atoms with Crippen molar-refractivity contribution >= 4 is 50.9 Å². The highest BCUT2D eigenvalue weighted by atomic mass is 35.5. The maximum atomic E-state index is 13.0. The van der Waals surface area contributed by atoms with Crippen LogP contribution in [0.3, 0.4) is 0 Å². The summed E-state index contributed by atoms with van der Waals surface area (Å²) in [5, 5.41) is 4.91. The van der Waals surface area contributed by atoms with Crippen molar-refractivity contribution in [2.45, 2.75) is 0 Å². The number of carbonyl (C=O) groups excluding carboxylic acids is 2. The fraction of sp³-hybridized carbons (Fsp3) is 0.0400. The van der Waals surface area contributed by atoms with Crippen molar-refractivity contribution in [1.29, 1.82) is 0 Å². The number of rotatable bonds is 7. The number of nitrogens with zero attached hydrogens (tertiary/aromatic N) is 2. The molecule has 0 saturated heterocycles. The minimum absolute atomic E-state index is 0.0761. The van der Waals surface area contributed by atoms with Gasteiger partial charge in [0.15, 0.2) is 5.78 Å². The Hall–Kier alpha value is -4.43. The van der Waals surface area contributed by atoms with Crippen molar-refractivity contribution in [3.63, 3.8) is 0 Å². The lowest BCUT2D eigenvalue weighted by Gasteiger charge is -2.10. The Morgan fingerprint density at radius 1 is 1.06 bits per heavy atom. The van der Waals surface area contributed by atoms with Crippen LogP contribution in [0, 0.1) is 0 Å². The van der Waals surface area contributed by atoms with Gasteiger partial charge in [0.25, 0.3) is 5.91 Å². The van der Waals surface area contributed by atoms with Gasteiger partial charge in [0.1, 0.15) is 17.3 Å². The summed E-state index contributed by atoms with van der Waals surface area (Å²) in [7, 11) is 0. The normalized spacial score (nSPS) is 11.0. The van der Waals surface area contributed by atoms with E-state index < -0.39 is 5.91 Å². The number of H-pyrrole nitrogens is 1. The molecule has 0 spiro atoms. The number of benzene rings is 2. The summed E-state index contributed by atoms with van der Waals surface area (Å²) < 4.78 is 5.80. The molecule has 3 heterocycles. The monoisotopic (exact) mass is 471 g/mol. The fourth-order valence-electron chi connectivity index (χ4n) is 3.67. The molecule has 8 nitrogen and oxygen atoms in total. The van der Waals surface area contributed by atoms with E-state index in [-0.39, 0.29) is 23.7 Å². The highest BCUT2D eigenvalue weighted by Gasteiger charge is 2.16. The number of aromatic nitrogens is 3. The van der Waals surface area contributed by atoms with Crippen LogP contribution in [0.25, 0.3) is 21.8 Å². The number of Topliss-reactive ketones (excluding diaryl/α,β-unsaturated/α-hetero) is 1. The molecule has 4 N–H and O–H groups in total. The first-order chi connectivity index (χ1) is 16.5. The number of primary amides is 1. The largest absolute Gasteiger partial charge is 0.456 e. The Kier molecular flexibility index (Phi) is 5.57. The number of ether oxygens (including phenoxy) is 1. The molecule has 0 aliphatic carbocycles. The molecule has 5 aromatic rings. The zero-order valence-electron chi connectivity index (χ0n) is 17.7. The third-order valence-electron chi connectivity index (χ3n) is 5.28. The zero-order chi connectivity index (χ0) is 23.7. The number of fused-ring (bicyclic) bond motifs is 2. The molecule has 3 aromatic heterocycles. The number of aromatic amines is 1. The van der Waals surface area contributed by atoms with Crippen molar-refractivity contribution in [3.05, 3.63) is 89.3 Å². The first-order valence-electron chi connectivity index (χ1n) is 10.3. The SMILES string of the molecule is NC(=O)c1cc2cc(Cl)ccc2nc1NCC(=O)c1c[nH]c2cc(Oc3cccnc3)ccc12. The van der Waals surface area contributed by atoms with Crippen LogP contribution < -0.4 is 15.8 Å². The Bertz CT molecular complexity index is 1550. The lowest BCUT2D eigenvalue weighted by atomic mass is 10.1. The van der Waals surface area contributed by atoms with Gasteiger partial charge in [-0.05, 0) is 48.5 Å². The van der Waals surface area contributed by atoms with Crippen LogP contribution in [-0.2, 0) is 0 Å². The standard InChI is InChI=1S/C25H18ClN5O3/c26-15-3-6-21-14(8-15)9-19(24(27)33)25(31-21)30-13-23(32)20-12-29-22-10-16(4-5-18(20)22)34-17-2-1-7-28-11-17/h1-12,29H,13H2,(H2,27,33)(H,30,31). The Labute approximate surface area is 198 Å². The molecule has 9 heteroatoms. The van der Waals surface area contributed by atoms with Gasteiger partial charge in [-0.3, -0.25) is 14.6 Å². The molecule has 34 heavy (non-hydrogen) atoms. The molecule has 0 fully saturated rings. The second-order valence-electron chi connectivity index (χ2n) is 7.56. The summed E-state index contributed by atoms with van der Waals surface area (Å²) in [4.78, 5) is 36.5. The van der Waals surface area contributed by atoms with Crippen molar-refractivity contribution in [2.75, 3.05) is 11.9 Å². The Morgan fingerprint density at radius 2 is 1.94 bits per heavy atom. The van der Waals surface area contributed by atoms with Crippen molar-refractivity contribution in [2.24, 2.45) is 5.73 Å². The number of halogens is 1. The van der Waals surface area contributed by atoms with Crippen molar-refractivity contribution in [1.82, 2.24) is 15.0 Å². The number of carbonyl (C=O) groups is 2. The number of pyridine rings is 2. The number of hydrogen-bond donors (Lipinski definition) is 3. The molecule has 0 unspecified atom stereocenters. The lowest BCUT2D eigenvalue weighted by molar-refractivity contribution is 0.0992. The Balaban J connectivity index is 1.37. The molecule has 0 aliphatic rings. The van der Waals surface area contributed by atoms with Gasteiger partial charge in [-0.1, -0.05) is 11.6 Å². The highest BCUT2D eigenvalue weighted by Crippen LogP contribution is 2.27. The maximum Gasteiger partial charge on any atom is 0.252 e. The van der Waals surface area contributed by atoms with Crippen molar-refractivity contribution < 1.29 is 14.3 Å². The van der Waals surface area contributed by atoms with Crippen LogP contribution in [0.15, 0.2) is 73.2 Å². The van der Waals surface area contributed by atoms with Crippen LogP contribution in [0.2, 0.25) is 5.02 Å². The lowest BCUT2D eigenvalue weighted by Crippen LogP contribution is -2.19. The minimum Gasteiger partial charge on any atom is -0.456 e. The predicted molar refractivity (Wildman–Crippen MR) is 131 cm³/mol. The van der Waals surface area contributed by atoms with Gasteiger partial charge in [-0.15, -0.1) is 0 Å². The molecular weight excluding hydrogens is 454 g/mol. The van der Waals surface area contributed by atoms with E-state index in [0.29, 0.717) is 33.0 Å². The zero-order valence-corrected chi connectivity index (χ0v) is 18.5. The van der Waals surface area contributed by atoms with E-state index in [2.05, 4.69) is 20.3 Å². The minimum atomic E-state index is -0.655. The highest BCUT2D eigenvalue weighted by molar-refractivity contribution is 6.31. The summed E-state index contributed by atoms with van der Waals surface area (Å²) in [6, 6.07) is 15.8. The molecule has 5 rings (SSSR count). The van der Waals surface area contributed by atoms with E-state index in [1.165, 1.54) is 0 Å². The van der Waals surface area contributed by atoms with Gasteiger partial charge in [-0.25, -0.2) is 4.98 Å². The van der Waals surface area contributed by atoms with Crippen LogP contribution >= 0.6 is 11.6 Å². The number of anilines is 1. The third kappa shape index (κ3) is 4.26. The van der Waals surface area contributed by atoms with Crippen molar-refractivity contribution in [3.8, 4) is 11.5 Å². The van der Waals surface area contributed by atoms with Crippen LogP contribution in [0.4, 0.5) is 5.82 Å². The number of ketones is 1. The molecule has 168 valence electrons. The third-order valence-corrected chi connectivity index (χ3v) is 5.52. The van der Waals surface area contributed by atoms with E-state index in [1.807, 2.05) is 18.2 Å². The summed E-state index contributed by atoms with van der Waals surface area (Å²) in [5.41, 5.74) is 7.59. The first kappa shape index (κ1) is 21.4. The van der Waals surface area contributed by atoms with Crippen LogP contribution in [0.1, 0.15) is 20.7 Å². The average Bonchev–Trinajstić information content (AvgIpc) is 3.26. The van der Waals surface area contributed by atoms with Gasteiger partial charge >= 0.3 is 0 Å². The maximum absolute atomic E-state index is 13.0. The quantitative estimate of drug-likeness (QED) is 0.288. The van der Waals surface area contributed by atoms with E-state index in [9.17, 15) is 9.59 Å². The topological polar surface area (TPSA) is 123 Å². The molecule has 0 bridgehead atoms. The number of hydrogen-bond acceptors (Lipinski definition) is 6. The second kappa shape index (κ2) is 8.84. The summed E-state index contributed by atoms with van der Waals surface area (Å²) in [6.07, 6.45) is 4.94. The van der Waals surface area contributed by atoms with E-state index in [0.717, 1.165) is 10.9 Å². The summed E-state index contributed by atoms with van der Waals surface area (Å²) >= 11 is 6.03. The van der Waals surface area contributed by atoms with Gasteiger partial charge in [0.2, 0.25) is 0 Å². The number of nitrogens with one attached hydrogen (secondary N) is 2. The van der Waals surface area contributed by atoms with Gasteiger partial charge < -0.3 is 20.8 Å². The fourth-order valence-corrected chi connectivity index (χ4v) is 3.85. The van der Waals surface area contributed by atoms with E-state index in [1.54, 1.807) is 55.0 Å². The average molecular weight is 472 g/mol. The first-order valence-corrected chi connectivity index (χ1v) is 10.7. The van der Waals surface area contributed by atoms with Gasteiger partial charge in [0.05, 0.1) is 23.8 Å². The number of nitrogens with two attached hydrogens (primary N) is 1. The molecule has 0 aliphatic heterocycles. The molecule has 1 amide bonds. The molecule has 2 aromatic carbocycles. The molecule has 0 saturated carbocycles. The van der Waals surface area contributed by atoms with Crippen LogP contribution in [-0.4, -0.2) is 33.2 Å². The molecular formula is C25H18ClN5O3. The number of amides is 1. The summed E-state index contributed by atoms with van der Waals surface area (Å²) in [5.74, 6) is 0.635. The van der Waals surface area contributed by atoms with E-state index >= 15 is 0 Å². The van der Waals surface area contributed by atoms with E-state index in [4.69, 9.17) is 22.1 Å². The molecule has 0 radical (unpaired) electrons. The van der Waals surface area contributed by atoms with Crippen LogP contribution in [0.5, 0.6) is 11.5 Å². The Morgan fingerprint density at radius 3 is 2.74 bits per heavy atom. The van der Waals surface area contributed by atoms with Gasteiger partial charge in [-0.2, -0.15) is 0 Å². The molecule has 0 atom stereocenters. The second-order valence-corrected chi connectivity index (χ2v) is 8.00. The predicted octanol–water partition coefficient (Wildman–Crippen LogP) is 4.95. The van der Waals surface area contributed by atoms with Gasteiger partial charge in [0, 0.05) is 45.3 Å².